The number of anilines is 1. The molecular weight excluding hydrogens is 378 g/mol. The first-order valence-corrected chi connectivity index (χ1v) is 9.14. The molecule has 0 spiro atoms. The second-order valence-corrected chi connectivity index (χ2v) is 6.57. The Hall–Kier alpha value is -2.99. The van der Waals surface area contributed by atoms with Gasteiger partial charge in [-0.05, 0) is 42.3 Å². The largest absolute Gasteiger partial charge is 0.493 e. The zero-order valence-electron chi connectivity index (χ0n) is 16.1. The van der Waals surface area contributed by atoms with Gasteiger partial charge < -0.3 is 19.1 Å². The molecule has 7 heteroatoms. The number of rotatable bonds is 8. The van der Waals surface area contributed by atoms with Crippen LogP contribution in [0.5, 0.6) is 23.1 Å². The Bertz CT molecular complexity index is 936. The third-order valence-electron chi connectivity index (χ3n) is 4.22. The predicted molar refractivity (Wildman–Crippen MR) is 110 cm³/mol. The van der Waals surface area contributed by atoms with Gasteiger partial charge >= 0.3 is 0 Å². The highest BCUT2D eigenvalue weighted by molar-refractivity contribution is 6.30. The van der Waals surface area contributed by atoms with Crippen molar-refractivity contribution in [2.75, 3.05) is 32.7 Å². The van der Waals surface area contributed by atoms with Gasteiger partial charge in [-0.25, -0.2) is 9.97 Å². The van der Waals surface area contributed by atoms with Crippen LogP contribution in [0.25, 0.3) is 0 Å². The molecule has 0 atom stereocenters. The quantitative estimate of drug-likeness (QED) is 0.551. The molecule has 0 aliphatic rings. The van der Waals surface area contributed by atoms with Crippen LogP contribution in [0.1, 0.15) is 5.56 Å². The fourth-order valence-corrected chi connectivity index (χ4v) is 2.87. The molecule has 146 valence electrons. The standard InChI is InChI=1S/C21H22ClN3O3/c1-25(10-9-15-7-8-18(26-2)19(11-15)27-3)20-13-21(24-14-23-20)28-17-6-4-5-16(22)12-17/h4-8,11-14H,9-10H2,1-3H3. The van der Waals surface area contributed by atoms with Gasteiger partial charge in [0.1, 0.15) is 17.9 Å². The highest BCUT2D eigenvalue weighted by Crippen LogP contribution is 2.28. The molecule has 0 radical (unpaired) electrons. The Morgan fingerprint density at radius 3 is 2.54 bits per heavy atom. The highest BCUT2D eigenvalue weighted by atomic mass is 35.5. The molecule has 0 saturated carbocycles. The van der Waals surface area contributed by atoms with E-state index in [1.54, 1.807) is 32.4 Å². The van der Waals surface area contributed by atoms with Gasteiger partial charge in [0.15, 0.2) is 11.5 Å². The highest BCUT2D eigenvalue weighted by Gasteiger charge is 2.09. The third kappa shape index (κ3) is 5.04. The van der Waals surface area contributed by atoms with Gasteiger partial charge in [-0.1, -0.05) is 23.7 Å². The minimum atomic E-state index is 0.463. The topological polar surface area (TPSA) is 56.7 Å². The first-order chi connectivity index (χ1) is 13.6. The summed E-state index contributed by atoms with van der Waals surface area (Å²) in [7, 11) is 5.24. The summed E-state index contributed by atoms with van der Waals surface area (Å²) in [6, 6.07) is 14.9. The van der Waals surface area contributed by atoms with Crippen molar-refractivity contribution in [1.29, 1.82) is 0 Å². The lowest BCUT2D eigenvalue weighted by Crippen LogP contribution is -2.21. The van der Waals surface area contributed by atoms with Crippen molar-refractivity contribution >= 4 is 17.4 Å². The molecule has 3 rings (SSSR count). The third-order valence-corrected chi connectivity index (χ3v) is 4.46. The van der Waals surface area contributed by atoms with Crippen molar-refractivity contribution in [2.45, 2.75) is 6.42 Å². The van der Waals surface area contributed by atoms with E-state index in [2.05, 4.69) is 9.97 Å². The second kappa shape index (κ2) is 9.28. The van der Waals surface area contributed by atoms with Crippen molar-refractivity contribution < 1.29 is 14.2 Å². The van der Waals surface area contributed by atoms with Gasteiger partial charge in [-0.3, -0.25) is 0 Å². The van der Waals surface area contributed by atoms with Gasteiger partial charge in [0.05, 0.1) is 14.2 Å². The van der Waals surface area contributed by atoms with Crippen molar-refractivity contribution in [2.24, 2.45) is 0 Å². The number of methoxy groups -OCH3 is 2. The number of benzene rings is 2. The summed E-state index contributed by atoms with van der Waals surface area (Å²) in [6.07, 6.45) is 2.31. The van der Waals surface area contributed by atoms with Crippen LogP contribution < -0.4 is 19.1 Å². The average Bonchev–Trinajstić information content (AvgIpc) is 2.72. The van der Waals surface area contributed by atoms with E-state index >= 15 is 0 Å². The van der Waals surface area contributed by atoms with E-state index < -0.39 is 0 Å². The van der Waals surface area contributed by atoms with E-state index in [0.29, 0.717) is 16.7 Å². The average molecular weight is 400 g/mol. The second-order valence-electron chi connectivity index (χ2n) is 6.13. The molecule has 0 aliphatic heterocycles. The summed E-state index contributed by atoms with van der Waals surface area (Å²) < 4.78 is 16.4. The molecule has 3 aromatic rings. The summed E-state index contributed by atoms with van der Waals surface area (Å²) in [4.78, 5) is 10.6. The fraction of sp³-hybridized carbons (Fsp3) is 0.238. The summed E-state index contributed by atoms with van der Waals surface area (Å²) >= 11 is 6.00. The van der Waals surface area contributed by atoms with Crippen molar-refractivity contribution in [1.82, 2.24) is 9.97 Å². The van der Waals surface area contributed by atoms with Gasteiger partial charge in [0, 0.05) is 24.7 Å². The Labute approximate surface area is 169 Å². The maximum Gasteiger partial charge on any atom is 0.224 e. The van der Waals surface area contributed by atoms with E-state index in [-0.39, 0.29) is 0 Å². The molecule has 1 aromatic heterocycles. The van der Waals surface area contributed by atoms with Crippen LogP contribution in [0.3, 0.4) is 0 Å². The maximum atomic E-state index is 6.00. The van der Waals surface area contributed by atoms with Crippen LogP contribution in [0.4, 0.5) is 5.82 Å². The molecule has 2 aromatic carbocycles. The van der Waals surface area contributed by atoms with Crippen LogP contribution in [0.15, 0.2) is 54.9 Å². The van der Waals surface area contributed by atoms with Crippen LogP contribution in [-0.4, -0.2) is 37.8 Å². The molecule has 0 N–H and O–H groups in total. The summed E-state index contributed by atoms with van der Waals surface area (Å²) in [5.41, 5.74) is 1.15. The minimum Gasteiger partial charge on any atom is -0.493 e. The predicted octanol–water partition coefficient (Wildman–Crippen LogP) is 4.62. The van der Waals surface area contributed by atoms with Crippen LogP contribution in [0.2, 0.25) is 5.02 Å². The van der Waals surface area contributed by atoms with Crippen molar-refractivity contribution in [3.05, 3.63) is 65.4 Å². The van der Waals surface area contributed by atoms with Gasteiger partial charge in [-0.2, -0.15) is 0 Å². The molecule has 6 nitrogen and oxygen atoms in total. The summed E-state index contributed by atoms with van der Waals surface area (Å²) in [5.74, 6) is 3.31. The van der Waals surface area contributed by atoms with Gasteiger partial charge in [-0.15, -0.1) is 0 Å². The zero-order chi connectivity index (χ0) is 19.9. The normalized spacial score (nSPS) is 10.4. The van der Waals surface area contributed by atoms with E-state index in [9.17, 15) is 0 Å². The molecule has 0 unspecified atom stereocenters. The Balaban J connectivity index is 1.65. The van der Waals surface area contributed by atoms with E-state index in [0.717, 1.165) is 35.8 Å². The molecule has 28 heavy (non-hydrogen) atoms. The molecule has 0 fully saturated rings. The van der Waals surface area contributed by atoms with Crippen LogP contribution >= 0.6 is 11.6 Å². The lowest BCUT2D eigenvalue weighted by molar-refractivity contribution is 0.354. The first kappa shape index (κ1) is 19.8. The lowest BCUT2D eigenvalue weighted by Gasteiger charge is -2.19. The number of nitrogens with zero attached hydrogens (tertiary/aromatic N) is 3. The molecule has 0 bridgehead atoms. The SMILES string of the molecule is COc1ccc(CCN(C)c2cc(Oc3cccc(Cl)c3)ncn2)cc1OC. The number of hydrogen-bond acceptors (Lipinski definition) is 6. The van der Waals surface area contributed by atoms with Crippen molar-refractivity contribution in [3.8, 4) is 23.1 Å². The minimum absolute atomic E-state index is 0.463. The smallest absolute Gasteiger partial charge is 0.224 e. The maximum absolute atomic E-state index is 6.00. The number of hydrogen-bond donors (Lipinski definition) is 0. The number of likely N-dealkylation sites (N-methyl/N-ethyl adjacent to an activating group) is 1. The van der Waals surface area contributed by atoms with Crippen molar-refractivity contribution in [3.63, 3.8) is 0 Å². The van der Waals surface area contributed by atoms with E-state index in [1.165, 1.54) is 6.33 Å². The lowest BCUT2D eigenvalue weighted by atomic mass is 10.1. The molecule has 1 heterocycles. The zero-order valence-corrected chi connectivity index (χ0v) is 16.8. The molecule has 0 saturated heterocycles. The van der Waals surface area contributed by atoms with Gasteiger partial charge in [0.25, 0.3) is 0 Å². The Morgan fingerprint density at radius 2 is 1.79 bits per heavy atom. The number of aromatic nitrogens is 2. The molecule has 0 aliphatic carbocycles. The molecular formula is C21H22ClN3O3. The summed E-state index contributed by atoms with van der Waals surface area (Å²) in [5, 5.41) is 0.610. The number of ether oxygens (including phenoxy) is 3. The Morgan fingerprint density at radius 1 is 0.964 bits per heavy atom. The molecule has 0 amide bonds. The van der Waals surface area contributed by atoms with Gasteiger partial charge in [0.2, 0.25) is 5.88 Å². The fourth-order valence-electron chi connectivity index (χ4n) is 2.69. The first-order valence-electron chi connectivity index (χ1n) is 8.76. The monoisotopic (exact) mass is 399 g/mol. The Kier molecular flexibility index (Phi) is 6.55. The summed E-state index contributed by atoms with van der Waals surface area (Å²) in [6.45, 7) is 0.767. The number of halogens is 1. The van der Waals surface area contributed by atoms with E-state index in [4.69, 9.17) is 25.8 Å². The van der Waals surface area contributed by atoms with E-state index in [1.807, 2.05) is 42.3 Å². The van der Waals surface area contributed by atoms with Crippen LogP contribution in [0, 0.1) is 0 Å². The van der Waals surface area contributed by atoms with Crippen LogP contribution in [-0.2, 0) is 6.42 Å².